The third-order valence-electron chi connectivity index (χ3n) is 4.98. The Hall–Kier alpha value is -2.34. The molecule has 0 saturated carbocycles. The molecular weight excluding hydrogens is 360 g/mol. The number of fused-ring (bicyclic) bond motifs is 1. The Morgan fingerprint density at radius 2 is 1.93 bits per heavy atom. The van der Waals surface area contributed by atoms with Gasteiger partial charge in [-0.15, -0.1) is 0 Å². The fraction of sp³-hybridized carbons (Fsp3) is 0.381. The molecule has 1 aliphatic heterocycles. The molecule has 1 atom stereocenters. The van der Waals surface area contributed by atoms with Crippen LogP contribution in [0.5, 0.6) is 0 Å². The Balaban J connectivity index is 1.63. The summed E-state index contributed by atoms with van der Waals surface area (Å²) in [6.45, 7) is 4.10. The normalized spacial score (nSPS) is 14.7. The predicted octanol–water partition coefficient (Wildman–Crippen LogP) is 3.15. The van der Waals surface area contributed by atoms with Gasteiger partial charge in [-0.1, -0.05) is 30.3 Å². The molecule has 3 rings (SSSR count). The van der Waals surface area contributed by atoms with Crippen LogP contribution in [-0.4, -0.2) is 32.7 Å². The lowest BCUT2D eigenvalue weighted by Gasteiger charge is -2.18. The van der Waals surface area contributed by atoms with Gasteiger partial charge in [0.25, 0.3) is 5.91 Å². The van der Waals surface area contributed by atoms with Crippen LogP contribution in [0.4, 0.5) is 5.69 Å². The largest absolute Gasteiger partial charge is 0.350 e. The van der Waals surface area contributed by atoms with Crippen LogP contribution in [0.3, 0.4) is 0 Å². The highest BCUT2D eigenvalue weighted by molar-refractivity contribution is 7.92. The van der Waals surface area contributed by atoms with E-state index in [1.807, 2.05) is 31.2 Å². The quantitative estimate of drug-likeness (QED) is 0.795. The maximum atomic E-state index is 12.6. The first kappa shape index (κ1) is 19.4. The van der Waals surface area contributed by atoms with Crippen molar-refractivity contribution in [2.75, 3.05) is 16.6 Å². The van der Waals surface area contributed by atoms with Crippen LogP contribution >= 0.6 is 0 Å². The summed E-state index contributed by atoms with van der Waals surface area (Å²) in [6, 6.07) is 15.5. The number of nitrogens with zero attached hydrogens (tertiary/aromatic N) is 1. The van der Waals surface area contributed by atoms with E-state index in [-0.39, 0.29) is 17.7 Å². The lowest BCUT2D eigenvalue weighted by atomic mass is 10.0. The molecule has 1 aliphatic rings. The Bertz CT molecular complexity index is 910. The minimum absolute atomic E-state index is 0.0583. The van der Waals surface area contributed by atoms with Crippen molar-refractivity contribution in [3.8, 4) is 0 Å². The third-order valence-corrected chi connectivity index (χ3v) is 6.76. The number of hydrogen-bond donors (Lipinski definition) is 1. The van der Waals surface area contributed by atoms with E-state index in [1.54, 1.807) is 19.1 Å². The molecule has 1 N–H and O–H groups in total. The van der Waals surface area contributed by atoms with Crippen LogP contribution in [0.15, 0.2) is 48.5 Å². The van der Waals surface area contributed by atoms with Crippen molar-refractivity contribution in [3.63, 3.8) is 0 Å². The van der Waals surface area contributed by atoms with E-state index in [1.165, 1.54) is 9.87 Å². The van der Waals surface area contributed by atoms with Gasteiger partial charge in [0, 0.05) is 18.2 Å². The highest BCUT2D eigenvalue weighted by Gasteiger charge is 2.28. The van der Waals surface area contributed by atoms with Gasteiger partial charge in [-0.3, -0.25) is 9.10 Å². The molecule has 2 aromatic rings. The van der Waals surface area contributed by atoms with Crippen LogP contribution in [-0.2, 0) is 22.9 Å². The van der Waals surface area contributed by atoms with Gasteiger partial charge in [-0.25, -0.2) is 8.42 Å². The molecule has 144 valence electrons. The number of benzene rings is 2. The topological polar surface area (TPSA) is 66.5 Å². The van der Waals surface area contributed by atoms with E-state index in [0.717, 1.165) is 18.4 Å². The van der Waals surface area contributed by atoms with Gasteiger partial charge >= 0.3 is 0 Å². The van der Waals surface area contributed by atoms with Crippen molar-refractivity contribution in [1.82, 2.24) is 5.32 Å². The lowest BCUT2D eigenvalue weighted by Crippen LogP contribution is -2.33. The zero-order valence-corrected chi connectivity index (χ0v) is 16.6. The number of amides is 1. The summed E-state index contributed by atoms with van der Waals surface area (Å²) in [5, 5.41) is 3.04. The number of carbonyl (C=O) groups is 1. The maximum Gasteiger partial charge on any atom is 0.251 e. The maximum absolute atomic E-state index is 12.6. The zero-order valence-electron chi connectivity index (χ0n) is 15.8. The van der Waals surface area contributed by atoms with Crippen LogP contribution in [0.25, 0.3) is 0 Å². The van der Waals surface area contributed by atoms with Crippen molar-refractivity contribution in [2.24, 2.45) is 0 Å². The van der Waals surface area contributed by atoms with Crippen molar-refractivity contribution >= 4 is 21.6 Å². The molecule has 0 radical (unpaired) electrons. The van der Waals surface area contributed by atoms with E-state index >= 15 is 0 Å². The van der Waals surface area contributed by atoms with E-state index in [4.69, 9.17) is 0 Å². The number of sulfonamides is 1. The molecule has 0 aliphatic carbocycles. The average molecular weight is 387 g/mol. The van der Waals surface area contributed by atoms with E-state index in [0.29, 0.717) is 24.2 Å². The number of nitrogens with one attached hydrogen (secondary N) is 1. The van der Waals surface area contributed by atoms with Gasteiger partial charge in [0.1, 0.15) is 0 Å². The number of hydrogen-bond acceptors (Lipinski definition) is 3. The second-order valence-electron chi connectivity index (χ2n) is 6.96. The SMILES string of the molecule is CCS(=O)(=O)N1CCc2cc(C(=O)N[C@@H](C)CCc3ccccc3)ccc21. The van der Waals surface area contributed by atoms with Crippen molar-refractivity contribution in [2.45, 2.75) is 39.2 Å². The molecule has 0 aromatic heterocycles. The highest BCUT2D eigenvalue weighted by atomic mass is 32.2. The summed E-state index contributed by atoms with van der Waals surface area (Å²) in [7, 11) is -3.26. The number of aryl methyl sites for hydroxylation is 1. The van der Waals surface area contributed by atoms with Crippen molar-refractivity contribution < 1.29 is 13.2 Å². The van der Waals surface area contributed by atoms with E-state index in [2.05, 4.69) is 17.4 Å². The summed E-state index contributed by atoms with van der Waals surface area (Å²) < 4.78 is 25.8. The third kappa shape index (κ3) is 4.50. The summed E-state index contributed by atoms with van der Waals surface area (Å²) in [5.41, 5.74) is 3.45. The molecule has 1 heterocycles. The lowest BCUT2D eigenvalue weighted by molar-refractivity contribution is 0.0938. The van der Waals surface area contributed by atoms with Gasteiger partial charge in [-0.2, -0.15) is 0 Å². The summed E-state index contributed by atoms with van der Waals surface area (Å²) >= 11 is 0. The molecule has 6 heteroatoms. The zero-order chi connectivity index (χ0) is 19.4. The standard InChI is InChI=1S/C21H26N2O3S/c1-3-27(25,26)23-14-13-18-15-19(11-12-20(18)23)21(24)22-16(2)9-10-17-7-5-4-6-8-17/h4-8,11-12,15-16H,3,9-10,13-14H2,1-2H3,(H,22,24)/t16-/m0/s1. The number of anilines is 1. The molecular formula is C21H26N2O3S. The van der Waals surface area contributed by atoms with E-state index in [9.17, 15) is 13.2 Å². The molecule has 1 amide bonds. The van der Waals surface area contributed by atoms with E-state index < -0.39 is 10.0 Å². The highest BCUT2D eigenvalue weighted by Crippen LogP contribution is 2.31. The van der Waals surface area contributed by atoms with Crippen molar-refractivity contribution in [1.29, 1.82) is 0 Å². The first-order chi connectivity index (χ1) is 12.9. The summed E-state index contributed by atoms with van der Waals surface area (Å²) in [4.78, 5) is 12.6. The number of rotatable bonds is 7. The molecule has 0 unspecified atom stereocenters. The van der Waals surface area contributed by atoms with Gasteiger partial charge in [-0.05, 0) is 62.4 Å². The Morgan fingerprint density at radius 1 is 1.19 bits per heavy atom. The minimum Gasteiger partial charge on any atom is -0.350 e. The average Bonchev–Trinajstić information content (AvgIpc) is 3.11. The molecule has 0 fully saturated rings. The number of carbonyl (C=O) groups excluding carboxylic acids is 1. The minimum atomic E-state index is -3.26. The molecule has 5 nitrogen and oxygen atoms in total. The first-order valence-corrected chi connectivity index (χ1v) is 11.0. The van der Waals surface area contributed by atoms with Crippen LogP contribution in [0.1, 0.15) is 41.8 Å². The molecule has 27 heavy (non-hydrogen) atoms. The predicted molar refractivity (Wildman–Crippen MR) is 109 cm³/mol. The second kappa shape index (κ2) is 8.13. The monoisotopic (exact) mass is 386 g/mol. The fourth-order valence-electron chi connectivity index (χ4n) is 3.36. The van der Waals surface area contributed by atoms with Gasteiger partial charge in [0.15, 0.2) is 0 Å². The second-order valence-corrected chi connectivity index (χ2v) is 9.15. The fourth-order valence-corrected chi connectivity index (χ4v) is 4.52. The first-order valence-electron chi connectivity index (χ1n) is 9.39. The Morgan fingerprint density at radius 3 is 2.63 bits per heavy atom. The smallest absolute Gasteiger partial charge is 0.251 e. The van der Waals surface area contributed by atoms with Gasteiger partial charge in [0.05, 0.1) is 11.4 Å². The van der Waals surface area contributed by atoms with Crippen molar-refractivity contribution in [3.05, 3.63) is 65.2 Å². The molecule has 0 saturated heterocycles. The van der Waals surface area contributed by atoms with Gasteiger partial charge in [0.2, 0.25) is 10.0 Å². The summed E-state index contributed by atoms with van der Waals surface area (Å²) in [6.07, 6.45) is 2.42. The Labute approximate surface area is 161 Å². The molecule has 0 bridgehead atoms. The van der Waals surface area contributed by atoms with Crippen LogP contribution in [0.2, 0.25) is 0 Å². The Kier molecular flexibility index (Phi) is 5.85. The molecule has 0 spiro atoms. The molecule has 2 aromatic carbocycles. The van der Waals surface area contributed by atoms with Crippen LogP contribution < -0.4 is 9.62 Å². The summed E-state index contributed by atoms with van der Waals surface area (Å²) in [5.74, 6) is -0.0386. The van der Waals surface area contributed by atoms with Gasteiger partial charge < -0.3 is 5.32 Å². The van der Waals surface area contributed by atoms with Crippen LogP contribution in [0, 0.1) is 0 Å².